The van der Waals surface area contributed by atoms with Crippen LogP contribution in [0.4, 0.5) is 0 Å². The van der Waals surface area contributed by atoms with Crippen molar-refractivity contribution in [2.45, 2.75) is 13.0 Å². The molecule has 92 valence electrons. The summed E-state index contributed by atoms with van der Waals surface area (Å²) in [5, 5.41) is 9.24. The number of hydrogen-bond acceptors (Lipinski definition) is 2. The average Bonchev–Trinajstić information content (AvgIpc) is 2.74. The van der Waals surface area contributed by atoms with Crippen molar-refractivity contribution in [3.63, 3.8) is 0 Å². The number of rotatable bonds is 5. The zero-order chi connectivity index (χ0) is 13.0. The fourth-order valence-electron chi connectivity index (χ4n) is 1.86. The third-order valence-electron chi connectivity index (χ3n) is 2.65. The van der Waals surface area contributed by atoms with E-state index in [1.165, 1.54) is 0 Å². The summed E-state index contributed by atoms with van der Waals surface area (Å²) in [7, 11) is 0. The van der Waals surface area contributed by atoms with E-state index in [2.05, 4.69) is 11.6 Å². The number of nitrogens with zero attached hydrogens (tertiary/aromatic N) is 2. The molecule has 0 aliphatic rings. The molecule has 18 heavy (non-hydrogen) atoms. The number of hydrogen-bond donors (Lipinski definition) is 1. The van der Waals surface area contributed by atoms with Crippen LogP contribution in [0.1, 0.15) is 21.7 Å². The van der Waals surface area contributed by atoms with Gasteiger partial charge in [-0.15, -0.1) is 6.58 Å². The van der Waals surface area contributed by atoms with E-state index in [1.54, 1.807) is 17.0 Å². The molecule has 1 aromatic carbocycles. The van der Waals surface area contributed by atoms with Crippen LogP contribution in [0.25, 0.3) is 0 Å². The van der Waals surface area contributed by atoms with E-state index in [0.717, 1.165) is 5.56 Å². The number of aromatic carboxylic acids is 1. The van der Waals surface area contributed by atoms with E-state index in [0.29, 0.717) is 18.7 Å². The maximum Gasteiger partial charge on any atom is 0.354 e. The van der Waals surface area contributed by atoms with E-state index >= 15 is 0 Å². The fraction of sp³-hybridized carbons (Fsp3) is 0.143. The molecule has 0 spiro atoms. The lowest BCUT2D eigenvalue weighted by atomic mass is 10.2. The number of carboxylic acids is 1. The van der Waals surface area contributed by atoms with E-state index in [9.17, 15) is 9.90 Å². The monoisotopic (exact) mass is 242 g/mol. The quantitative estimate of drug-likeness (QED) is 0.819. The summed E-state index contributed by atoms with van der Waals surface area (Å²) in [5.74, 6) is -0.958. The van der Waals surface area contributed by atoms with E-state index in [4.69, 9.17) is 0 Å². The number of allylic oxidation sites excluding steroid dienone is 1. The average molecular weight is 242 g/mol. The summed E-state index contributed by atoms with van der Waals surface area (Å²) in [6.45, 7) is 4.11. The molecule has 0 saturated carbocycles. The third kappa shape index (κ3) is 2.48. The van der Waals surface area contributed by atoms with Crippen molar-refractivity contribution in [2.75, 3.05) is 0 Å². The van der Waals surface area contributed by atoms with Crippen LogP contribution in [0, 0.1) is 0 Å². The Morgan fingerprint density at radius 2 is 2.11 bits per heavy atom. The lowest BCUT2D eigenvalue weighted by molar-refractivity contribution is 0.0684. The molecule has 0 amide bonds. The maximum atomic E-state index is 11.3. The van der Waals surface area contributed by atoms with Gasteiger partial charge in [-0.25, -0.2) is 9.78 Å². The topological polar surface area (TPSA) is 55.1 Å². The maximum absolute atomic E-state index is 11.3. The minimum Gasteiger partial charge on any atom is -0.477 e. The Hall–Kier alpha value is -2.36. The van der Waals surface area contributed by atoms with Gasteiger partial charge in [-0.1, -0.05) is 36.4 Å². The second kappa shape index (κ2) is 5.31. The van der Waals surface area contributed by atoms with Gasteiger partial charge in [0.05, 0.1) is 12.0 Å². The summed E-state index contributed by atoms with van der Waals surface area (Å²) in [4.78, 5) is 15.4. The van der Waals surface area contributed by atoms with Crippen LogP contribution in [-0.4, -0.2) is 20.6 Å². The molecule has 2 rings (SSSR count). The van der Waals surface area contributed by atoms with Gasteiger partial charge in [0.25, 0.3) is 0 Å². The first-order valence-corrected chi connectivity index (χ1v) is 5.64. The Bertz CT molecular complexity index is 558. The summed E-state index contributed by atoms with van der Waals surface area (Å²) in [6.07, 6.45) is 3.68. The molecular formula is C14H14N2O2. The Kier molecular flexibility index (Phi) is 3.57. The fourth-order valence-corrected chi connectivity index (χ4v) is 1.86. The van der Waals surface area contributed by atoms with Gasteiger partial charge in [-0.3, -0.25) is 0 Å². The molecule has 4 nitrogen and oxygen atoms in total. The molecule has 0 fully saturated rings. The number of imidazole rings is 1. The number of benzene rings is 1. The van der Waals surface area contributed by atoms with Crippen molar-refractivity contribution >= 4 is 5.97 Å². The van der Waals surface area contributed by atoms with E-state index in [1.807, 2.05) is 30.3 Å². The van der Waals surface area contributed by atoms with Gasteiger partial charge in [0.1, 0.15) is 0 Å². The van der Waals surface area contributed by atoms with Crippen molar-refractivity contribution in [1.29, 1.82) is 0 Å². The van der Waals surface area contributed by atoms with Gasteiger partial charge in [0, 0.05) is 13.0 Å². The van der Waals surface area contributed by atoms with Gasteiger partial charge < -0.3 is 9.67 Å². The van der Waals surface area contributed by atoms with Crippen molar-refractivity contribution < 1.29 is 9.90 Å². The first-order chi connectivity index (χ1) is 8.72. The van der Waals surface area contributed by atoms with Gasteiger partial charge in [0.2, 0.25) is 0 Å². The molecule has 0 aliphatic carbocycles. The summed E-state index contributed by atoms with van der Waals surface area (Å²) < 4.78 is 1.65. The number of carbonyl (C=O) groups is 1. The second-order valence-corrected chi connectivity index (χ2v) is 3.95. The zero-order valence-electron chi connectivity index (χ0n) is 9.91. The van der Waals surface area contributed by atoms with Crippen LogP contribution in [-0.2, 0) is 13.0 Å². The molecule has 0 saturated heterocycles. The van der Waals surface area contributed by atoms with Crippen LogP contribution in [0.5, 0.6) is 0 Å². The Morgan fingerprint density at radius 1 is 1.39 bits per heavy atom. The van der Waals surface area contributed by atoms with Crippen molar-refractivity contribution in [3.8, 4) is 0 Å². The summed E-state index contributed by atoms with van der Waals surface area (Å²) in [5.41, 5.74) is 1.83. The molecule has 1 N–H and O–H groups in total. The summed E-state index contributed by atoms with van der Waals surface area (Å²) in [6, 6.07) is 9.70. The minimum atomic E-state index is -0.958. The lowest BCUT2D eigenvalue weighted by Gasteiger charge is -2.06. The first-order valence-electron chi connectivity index (χ1n) is 5.64. The normalized spacial score (nSPS) is 10.2. The van der Waals surface area contributed by atoms with Gasteiger partial charge in [-0.2, -0.15) is 0 Å². The molecular weight excluding hydrogens is 228 g/mol. The molecule has 0 unspecified atom stereocenters. The lowest BCUT2D eigenvalue weighted by Crippen LogP contribution is -2.10. The minimum absolute atomic E-state index is 0.235. The highest BCUT2D eigenvalue weighted by Gasteiger charge is 2.16. The molecule has 1 aromatic heterocycles. The highest BCUT2D eigenvalue weighted by molar-refractivity contribution is 5.87. The number of carboxylic acid groups (broad SMARTS) is 1. The molecule has 0 radical (unpaired) electrons. The molecule has 1 heterocycles. The SMILES string of the molecule is C=CCc1ncn(Cc2ccccc2)c1C(=O)O. The van der Waals surface area contributed by atoms with Gasteiger partial charge in [0.15, 0.2) is 5.69 Å². The third-order valence-corrected chi connectivity index (χ3v) is 2.65. The van der Waals surface area contributed by atoms with Crippen LogP contribution in [0.3, 0.4) is 0 Å². The Balaban J connectivity index is 2.33. The van der Waals surface area contributed by atoms with E-state index < -0.39 is 5.97 Å². The molecule has 0 aliphatic heterocycles. The first kappa shape index (κ1) is 12.1. The molecule has 0 bridgehead atoms. The van der Waals surface area contributed by atoms with Crippen molar-refractivity contribution in [1.82, 2.24) is 9.55 Å². The van der Waals surface area contributed by atoms with Crippen LogP contribution < -0.4 is 0 Å². The Morgan fingerprint density at radius 3 is 2.72 bits per heavy atom. The smallest absolute Gasteiger partial charge is 0.354 e. The largest absolute Gasteiger partial charge is 0.477 e. The van der Waals surface area contributed by atoms with Crippen molar-refractivity contribution in [2.24, 2.45) is 0 Å². The standard InChI is InChI=1S/C14H14N2O2/c1-2-6-12-13(14(17)18)16(10-15-12)9-11-7-4-3-5-8-11/h2-5,7-8,10H,1,6,9H2,(H,17,18). The van der Waals surface area contributed by atoms with E-state index in [-0.39, 0.29) is 5.69 Å². The number of aromatic nitrogens is 2. The van der Waals surface area contributed by atoms with Crippen LogP contribution in [0.15, 0.2) is 49.3 Å². The highest BCUT2D eigenvalue weighted by atomic mass is 16.4. The zero-order valence-corrected chi connectivity index (χ0v) is 9.91. The van der Waals surface area contributed by atoms with Gasteiger partial charge >= 0.3 is 5.97 Å². The van der Waals surface area contributed by atoms with Gasteiger partial charge in [-0.05, 0) is 5.56 Å². The molecule has 2 aromatic rings. The Labute approximate surface area is 105 Å². The molecule has 0 atom stereocenters. The molecule has 4 heteroatoms. The van der Waals surface area contributed by atoms with Crippen LogP contribution in [0.2, 0.25) is 0 Å². The second-order valence-electron chi connectivity index (χ2n) is 3.95. The van der Waals surface area contributed by atoms with Crippen LogP contribution >= 0.6 is 0 Å². The highest BCUT2D eigenvalue weighted by Crippen LogP contribution is 2.12. The predicted octanol–water partition coefficient (Wildman–Crippen LogP) is 2.36. The predicted molar refractivity (Wildman–Crippen MR) is 68.6 cm³/mol. The summed E-state index contributed by atoms with van der Waals surface area (Å²) >= 11 is 0. The van der Waals surface area contributed by atoms with Crippen molar-refractivity contribution in [3.05, 3.63) is 66.3 Å².